The van der Waals surface area contributed by atoms with Crippen LogP contribution < -0.4 is 16.0 Å². The van der Waals surface area contributed by atoms with Crippen molar-refractivity contribution in [3.8, 4) is 0 Å². The van der Waals surface area contributed by atoms with Gasteiger partial charge in [-0.15, -0.1) is 0 Å². The first-order valence-corrected chi connectivity index (χ1v) is 14.9. The molecule has 13 nitrogen and oxygen atoms in total. The van der Waals surface area contributed by atoms with E-state index in [0.29, 0.717) is 19.4 Å². The Hall–Kier alpha value is -2.77. The van der Waals surface area contributed by atoms with Gasteiger partial charge in [0, 0.05) is 27.8 Å². The molecule has 2 saturated heterocycles. The topological polar surface area (TPSA) is 167 Å². The summed E-state index contributed by atoms with van der Waals surface area (Å²) in [6.45, 7) is 8.11. The highest BCUT2D eigenvalue weighted by Crippen LogP contribution is 2.29. The second kappa shape index (κ2) is 16.2. The van der Waals surface area contributed by atoms with E-state index in [1.165, 1.54) is 14.2 Å². The molecule has 42 heavy (non-hydrogen) atoms. The first-order chi connectivity index (χ1) is 19.8. The van der Waals surface area contributed by atoms with Crippen LogP contribution in [0.2, 0.25) is 0 Å². The van der Waals surface area contributed by atoms with Crippen LogP contribution in [0.25, 0.3) is 0 Å². The van der Waals surface area contributed by atoms with Crippen molar-refractivity contribution in [1.82, 2.24) is 25.8 Å². The number of ether oxygens (including phenoxy) is 2. The lowest BCUT2D eigenvalue weighted by molar-refractivity contribution is -0.146. The Balaban J connectivity index is 2.12. The molecule has 4 amide bonds. The van der Waals surface area contributed by atoms with Crippen molar-refractivity contribution >= 4 is 29.6 Å². The smallest absolute Gasteiger partial charge is 0.322 e. The van der Waals surface area contributed by atoms with Crippen LogP contribution in [0.3, 0.4) is 0 Å². The molecule has 2 rings (SSSR count). The molecule has 2 aliphatic rings. The molecule has 0 aromatic rings. The average molecular weight is 598 g/mol. The standard InChI is InChI=1S/C29H51N5O8/c1-8-18(2)25(33(5)23(36)16-31-28(40)29(4)12-10-13-32-29)21(41-6)15-22(35)34-14-9-11-20(34)26(42-7)19(3)27(39)30-17-24(37)38/h18-21,25-26,32H,8-17H2,1-7H3,(H,30,39)(H,31,40)(H,37,38)/t18-,19+,20-,21+,25-,26+,29-/m0/s1. The lowest BCUT2D eigenvalue weighted by Gasteiger charge is -2.39. The zero-order valence-electron chi connectivity index (χ0n) is 26.2. The first-order valence-electron chi connectivity index (χ1n) is 14.9. The number of rotatable bonds is 16. The number of carbonyl (C=O) groups excluding carboxylic acids is 4. The summed E-state index contributed by atoms with van der Waals surface area (Å²) < 4.78 is 11.5. The fourth-order valence-electron chi connectivity index (χ4n) is 6.21. The van der Waals surface area contributed by atoms with Crippen molar-refractivity contribution < 1.29 is 38.6 Å². The van der Waals surface area contributed by atoms with E-state index in [2.05, 4.69) is 16.0 Å². The van der Waals surface area contributed by atoms with E-state index in [-0.39, 0.29) is 42.6 Å². The second-order valence-electron chi connectivity index (χ2n) is 11.8. The minimum atomic E-state index is -1.14. The molecule has 0 saturated carbocycles. The first kappa shape index (κ1) is 35.4. The molecular weight excluding hydrogens is 546 g/mol. The third-order valence-corrected chi connectivity index (χ3v) is 8.99. The molecule has 0 radical (unpaired) electrons. The maximum absolute atomic E-state index is 13.7. The average Bonchev–Trinajstić information content (AvgIpc) is 3.64. The Morgan fingerprint density at radius 1 is 1.10 bits per heavy atom. The van der Waals surface area contributed by atoms with Gasteiger partial charge in [-0.2, -0.15) is 0 Å². The van der Waals surface area contributed by atoms with Crippen molar-refractivity contribution in [2.45, 2.75) is 96.1 Å². The number of carboxylic acid groups (broad SMARTS) is 1. The van der Waals surface area contributed by atoms with E-state index in [9.17, 15) is 24.0 Å². The van der Waals surface area contributed by atoms with E-state index in [0.717, 1.165) is 25.8 Å². The van der Waals surface area contributed by atoms with Crippen molar-refractivity contribution in [2.75, 3.05) is 47.4 Å². The van der Waals surface area contributed by atoms with Gasteiger partial charge in [0.15, 0.2) is 0 Å². The molecule has 0 spiro atoms. The molecule has 2 heterocycles. The molecule has 13 heteroatoms. The number of hydrogen-bond donors (Lipinski definition) is 4. The molecule has 0 bridgehead atoms. The van der Waals surface area contributed by atoms with Crippen LogP contribution in [-0.4, -0.2) is 122 Å². The molecular formula is C29H51N5O8. The number of amides is 4. The van der Waals surface area contributed by atoms with Gasteiger partial charge in [0.25, 0.3) is 0 Å². The molecule has 0 aromatic heterocycles. The Morgan fingerprint density at radius 2 is 1.79 bits per heavy atom. The fourth-order valence-corrected chi connectivity index (χ4v) is 6.21. The van der Waals surface area contributed by atoms with Gasteiger partial charge in [-0.1, -0.05) is 27.2 Å². The van der Waals surface area contributed by atoms with Crippen LogP contribution in [0.15, 0.2) is 0 Å². The van der Waals surface area contributed by atoms with Crippen molar-refractivity contribution in [2.24, 2.45) is 11.8 Å². The highest BCUT2D eigenvalue weighted by atomic mass is 16.5. The van der Waals surface area contributed by atoms with Crippen molar-refractivity contribution in [3.05, 3.63) is 0 Å². The number of nitrogens with zero attached hydrogens (tertiary/aromatic N) is 2. The summed E-state index contributed by atoms with van der Waals surface area (Å²) in [5.74, 6) is -2.94. The fraction of sp³-hybridized carbons (Fsp3) is 0.828. The molecule has 0 unspecified atom stereocenters. The molecule has 0 aromatic carbocycles. The molecule has 2 aliphatic heterocycles. The van der Waals surface area contributed by atoms with Crippen molar-refractivity contribution in [3.63, 3.8) is 0 Å². The largest absolute Gasteiger partial charge is 0.480 e. The van der Waals surface area contributed by atoms with Crippen LogP contribution in [0.4, 0.5) is 0 Å². The summed E-state index contributed by atoms with van der Waals surface area (Å²) in [5, 5.41) is 17.3. The summed E-state index contributed by atoms with van der Waals surface area (Å²) in [5.41, 5.74) is -0.683. The summed E-state index contributed by atoms with van der Waals surface area (Å²) >= 11 is 0. The van der Waals surface area contributed by atoms with Gasteiger partial charge in [0.05, 0.1) is 48.7 Å². The Morgan fingerprint density at radius 3 is 2.33 bits per heavy atom. The highest BCUT2D eigenvalue weighted by Gasteiger charge is 2.42. The Kier molecular flexibility index (Phi) is 13.6. The van der Waals surface area contributed by atoms with E-state index < -0.39 is 48.1 Å². The monoisotopic (exact) mass is 597 g/mol. The number of likely N-dealkylation sites (N-methyl/N-ethyl adjacent to an activating group) is 1. The van der Waals surface area contributed by atoms with Gasteiger partial charge in [-0.05, 0) is 45.1 Å². The maximum Gasteiger partial charge on any atom is 0.322 e. The molecule has 240 valence electrons. The van der Waals surface area contributed by atoms with E-state index in [1.807, 2.05) is 20.8 Å². The van der Waals surface area contributed by atoms with E-state index in [1.54, 1.807) is 23.8 Å². The van der Waals surface area contributed by atoms with Crippen molar-refractivity contribution in [1.29, 1.82) is 0 Å². The number of hydrogen-bond acceptors (Lipinski definition) is 8. The van der Waals surface area contributed by atoms with Gasteiger partial charge in [0.2, 0.25) is 23.6 Å². The maximum atomic E-state index is 13.7. The SMILES string of the molecule is CC[C@H](C)[C@@H]([C@@H](CC(=O)N1CCC[C@H]1[C@H](OC)[C@@H](C)C(=O)NCC(=O)O)OC)N(C)C(=O)CNC(=O)[C@]1(C)CCCN1. The van der Waals surface area contributed by atoms with Gasteiger partial charge < -0.3 is 40.3 Å². The van der Waals surface area contributed by atoms with E-state index in [4.69, 9.17) is 14.6 Å². The quantitative estimate of drug-likeness (QED) is 0.197. The third-order valence-electron chi connectivity index (χ3n) is 8.99. The Labute approximate surface area is 249 Å². The third kappa shape index (κ3) is 8.87. The van der Waals surface area contributed by atoms with Gasteiger partial charge in [-0.25, -0.2) is 0 Å². The summed E-state index contributed by atoms with van der Waals surface area (Å²) in [7, 11) is 4.68. The number of likely N-dealkylation sites (tertiary alicyclic amines) is 1. The van der Waals surface area contributed by atoms with Gasteiger partial charge >= 0.3 is 5.97 Å². The zero-order valence-corrected chi connectivity index (χ0v) is 26.2. The number of aliphatic carboxylic acids is 1. The van der Waals surface area contributed by atoms with Crippen LogP contribution in [0.5, 0.6) is 0 Å². The highest BCUT2D eigenvalue weighted by molar-refractivity contribution is 5.90. The van der Waals surface area contributed by atoms with E-state index >= 15 is 0 Å². The van der Waals surface area contributed by atoms with Crippen LogP contribution in [0, 0.1) is 11.8 Å². The second-order valence-corrected chi connectivity index (χ2v) is 11.8. The van der Waals surface area contributed by atoms with Crippen LogP contribution >= 0.6 is 0 Å². The number of carboxylic acids is 1. The zero-order chi connectivity index (χ0) is 31.6. The Bertz CT molecular complexity index is 956. The number of methoxy groups -OCH3 is 2. The minimum absolute atomic E-state index is 0.000435. The van der Waals surface area contributed by atoms with Crippen LogP contribution in [-0.2, 0) is 33.4 Å². The number of carbonyl (C=O) groups is 5. The molecule has 7 atom stereocenters. The lowest BCUT2D eigenvalue weighted by atomic mass is 9.90. The minimum Gasteiger partial charge on any atom is -0.480 e. The predicted octanol–water partition coefficient (Wildman–Crippen LogP) is 0.366. The predicted molar refractivity (Wildman–Crippen MR) is 155 cm³/mol. The lowest BCUT2D eigenvalue weighted by Crippen LogP contribution is -2.56. The van der Waals surface area contributed by atoms with Gasteiger partial charge in [0.1, 0.15) is 6.54 Å². The molecule has 2 fully saturated rings. The summed E-state index contributed by atoms with van der Waals surface area (Å²) in [4.78, 5) is 66.4. The molecule has 4 N–H and O–H groups in total. The summed E-state index contributed by atoms with van der Waals surface area (Å²) in [6, 6.07) is -0.790. The van der Waals surface area contributed by atoms with Gasteiger partial charge in [-0.3, -0.25) is 24.0 Å². The summed E-state index contributed by atoms with van der Waals surface area (Å²) in [6.07, 6.45) is 2.51. The molecule has 0 aliphatic carbocycles. The van der Waals surface area contributed by atoms with Crippen LogP contribution in [0.1, 0.15) is 66.2 Å². The number of nitrogens with one attached hydrogen (secondary N) is 3. The normalized spacial score (nSPS) is 23.9.